The second kappa shape index (κ2) is 4.51. The quantitative estimate of drug-likeness (QED) is 0.777. The number of nitrogens with zero attached hydrogens (tertiary/aromatic N) is 4. The number of aryl methyl sites for hydroxylation is 1. The van der Waals surface area contributed by atoms with Crippen LogP contribution in [0.4, 0.5) is 0 Å². The summed E-state index contributed by atoms with van der Waals surface area (Å²) in [5.41, 5.74) is 4.25. The molecule has 3 aromatic heterocycles. The largest absolute Gasteiger partial charge is 0.314 e. The molecular formula is C14H17N5. The molecule has 3 aromatic rings. The van der Waals surface area contributed by atoms with Gasteiger partial charge in [0.1, 0.15) is 12.0 Å². The van der Waals surface area contributed by atoms with Crippen molar-refractivity contribution in [2.45, 2.75) is 20.4 Å². The van der Waals surface area contributed by atoms with E-state index in [1.807, 2.05) is 44.7 Å². The third kappa shape index (κ3) is 1.82. The van der Waals surface area contributed by atoms with Gasteiger partial charge in [0.15, 0.2) is 5.82 Å². The second-order valence-corrected chi connectivity index (χ2v) is 4.63. The number of hydrogen-bond acceptors (Lipinski definition) is 3. The maximum absolute atomic E-state index is 4.72. The van der Waals surface area contributed by atoms with Crippen LogP contribution in [0.5, 0.6) is 0 Å². The minimum atomic E-state index is 0.761. The lowest BCUT2D eigenvalue weighted by Gasteiger charge is -2.06. The van der Waals surface area contributed by atoms with Crippen LogP contribution in [-0.4, -0.2) is 26.0 Å². The van der Waals surface area contributed by atoms with Crippen molar-refractivity contribution in [3.05, 3.63) is 47.8 Å². The fourth-order valence-electron chi connectivity index (χ4n) is 2.27. The van der Waals surface area contributed by atoms with E-state index in [-0.39, 0.29) is 0 Å². The Hall–Kier alpha value is -2.14. The van der Waals surface area contributed by atoms with Crippen molar-refractivity contribution in [3.63, 3.8) is 0 Å². The molecular weight excluding hydrogens is 238 g/mol. The third-order valence-corrected chi connectivity index (χ3v) is 3.43. The molecule has 19 heavy (non-hydrogen) atoms. The Bertz CT molecular complexity index is 723. The Balaban J connectivity index is 2.28. The highest BCUT2D eigenvalue weighted by Gasteiger charge is 2.15. The van der Waals surface area contributed by atoms with Gasteiger partial charge in [-0.15, -0.1) is 0 Å². The minimum Gasteiger partial charge on any atom is -0.314 e. The normalized spacial score (nSPS) is 11.3. The molecule has 0 fully saturated rings. The summed E-state index contributed by atoms with van der Waals surface area (Å²) in [5.74, 6) is 0.943. The molecule has 0 aromatic carbocycles. The van der Waals surface area contributed by atoms with E-state index in [0.717, 1.165) is 35.1 Å². The standard InChI is InChI=1S/C14H17N5/c1-10-11(2)19(9-16-10)14-12(8-15-3)18-7-5-4-6-13(18)17-14/h4-7,9,15H,8H2,1-3H3. The van der Waals surface area contributed by atoms with Crippen LogP contribution in [0.2, 0.25) is 0 Å². The molecule has 5 nitrogen and oxygen atoms in total. The lowest BCUT2D eigenvalue weighted by atomic mass is 10.3. The van der Waals surface area contributed by atoms with Crippen LogP contribution in [-0.2, 0) is 6.54 Å². The van der Waals surface area contributed by atoms with Crippen molar-refractivity contribution in [3.8, 4) is 5.82 Å². The third-order valence-electron chi connectivity index (χ3n) is 3.43. The van der Waals surface area contributed by atoms with Crippen molar-refractivity contribution in [2.75, 3.05) is 7.05 Å². The van der Waals surface area contributed by atoms with Crippen molar-refractivity contribution in [2.24, 2.45) is 0 Å². The van der Waals surface area contributed by atoms with E-state index in [0.29, 0.717) is 0 Å². The van der Waals surface area contributed by atoms with E-state index in [2.05, 4.69) is 26.2 Å². The van der Waals surface area contributed by atoms with Crippen molar-refractivity contribution >= 4 is 5.65 Å². The molecule has 0 radical (unpaired) electrons. The summed E-state index contributed by atoms with van der Waals surface area (Å²) < 4.78 is 4.16. The highest BCUT2D eigenvalue weighted by atomic mass is 15.2. The monoisotopic (exact) mass is 255 g/mol. The van der Waals surface area contributed by atoms with E-state index in [4.69, 9.17) is 4.98 Å². The van der Waals surface area contributed by atoms with Gasteiger partial charge in [0.25, 0.3) is 0 Å². The van der Waals surface area contributed by atoms with E-state index >= 15 is 0 Å². The Morgan fingerprint density at radius 3 is 2.79 bits per heavy atom. The van der Waals surface area contributed by atoms with Crippen LogP contribution in [0.1, 0.15) is 17.1 Å². The molecule has 98 valence electrons. The maximum Gasteiger partial charge on any atom is 0.162 e. The van der Waals surface area contributed by atoms with Crippen LogP contribution >= 0.6 is 0 Å². The molecule has 3 heterocycles. The molecule has 3 rings (SSSR count). The van der Waals surface area contributed by atoms with E-state index in [1.54, 1.807) is 0 Å². The highest BCUT2D eigenvalue weighted by molar-refractivity contribution is 5.49. The first-order chi connectivity index (χ1) is 9.22. The van der Waals surface area contributed by atoms with E-state index in [9.17, 15) is 0 Å². The van der Waals surface area contributed by atoms with E-state index in [1.165, 1.54) is 0 Å². The molecule has 0 atom stereocenters. The van der Waals surface area contributed by atoms with Gasteiger partial charge >= 0.3 is 0 Å². The van der Waals surface area contributed by atoms with Crippen LogP contribution in [0.15, 0.2) is 30.7 Å². The molecule has 0 bridgehead atoms. The minimum absolute atomic E-state index is 0.761. The van der Waals surface area contributed by atoms with Gasteiger partial charge < -0.3 is 9.72 Å². The van der Waals surface area contributed by atoms with Crippen molar-refractivity contribution < 1.29 is 0 Å². The number of rotatable bonds is 3. The van der Waals surface area contributed by atoms with Gasteiger partial charge in [-0.25, -0.2) is 9.97 Å². The Morgan fingerprint density at radius 1 is 1.26 bits per heavy atom. The average Bonchev–Trinajstić information content (AvgIpc) is 2.93. The summed E-state index contributed by atoms with van der Waals surface area (Å²) in [6.45, 7) is 4.84. The van der Waals surface area contributed by atoms with Crippen molar-refractivity contribution in [1.29, 1.82) is 0 Å². The summed E-state index contributed by atoms with van der Waals surface area (Å²) in [5, 5.41) is 3.20. The fourth-order valence-corrected chi connectivity index (χ4v) is 2.27. The lowest BCUT2D eigenvalue weighted by molar-refractivity contribution is 0.769. The predicted octanol–water partition coefficient (Wildman–Crippen LogP) is 1.86. The van der Waals surface area contributed by atoms with Crippen LogP contribution in [0.25, 0.3) is 11.5 Å². The maximum atomic E-state index is 4.72. The van der Waals surface area contributed by atoms with E-state index < -0.39 is 0 Å². The Morgan fingerprint density at radius 2 is 2.11 bits per heavy atom. The molecule has 1 N–H and O–H groups in total. The highest BCUT2D eigenvalue weighted by Crippen LogP contribution is 2.19. The summed E-state index contributed by atoms with van der Waals surface area (Å²) >= 11 is 0. The number of hydrogen-bond donors (Lipinski definition) is 1. The average molecular weight is 255 g/mol. The van der Waals surface area contributed by atoms with Crippen LogP contribution in [0, 0.1) is 13.8 Å². The molecule has 0 aliphatic heterocycles. The fraction of sp³-hybridized carbons (Fsp3) is 0.286. The summed E-state index contributed by atoms with van der Waals surface area (Å²) in [4.78, 5) is 9.08. The zero-order chi connectivity index (χ0) is 13.4. The number of fused-ring (bicyclic) bond motifs is 1. The molecule has 0 aliphatic carbocycles. The number of imidazole rings is 2. The number of pyridine rings is 1. The van der Waals surface area contributed by atoms with Gasteiger partial charge in [-0.3, -0.25) is 4.57 Å². The molecule has 0 aliphatic rings. The zero-order valence-corrected chi connectivity index (χ0v) is 11.4. The topological polar surface area (TPSA) is 47.2 Å². The van der Waals surface area contributed by atoms with Crippen molar-refractivity contribution in [1.82, 2.24) is 24.3 Å². The summed E-state index contributed by atoms with van der Waals surface area (Å²) in [6, 6.07) is 6.03. The molecule has 0 saturated heterocycles. The van der Waals surface area contributed by atoms with Gasteiger partial charge in [-0.1, -0.05) is 6.07 Å². The lowest BCUT2D eigenvalue weighted by Crippen LogP contribution is -2.11. The van der Waals surface area contributed by atoms with Crippen LogP contribution < -0.4 is 5.32 Å². The predicted molar refractivity (Wildman–Crippen MR) is 74.6 cm³/mol. The zero-order valence-electron chi connectivity index (χ0n) is 11.4. The molecule has 0 saturated carbocycles. The van der Waals surface area contributed by atoms with Gasteiger partial charge in [0.05, 0.1) is 11.4 Å². The summed E-state index contributed by atoms with van der Waals surface area (Å²) in [7, 11) is 1.94. The first-order valence-electron chi connectivity index (χ1n) is 6.34. The van der Waals surface area contributed by atoms with Gasteiger partial charge in [-0.05, 0) is 33.0 Å². The van der Waals surface area contributed by atoms with Gasteiger partial charge in [-0.2, -0.15) is 0 Å². The molecule has 5 heteroatoms. The number of nitrogens with one attached hydrogen (secondary N) is 1. The first kappa shape index (κ1) is 11.9. The first-order valence-corrected chi connectivity index (χ1v) is 6.34. The smallest absolute Gasteiger partial charge is 0.162 e. The molecule has 0 amide bonds. The Labute approximate surface area is 111 Å². The van der Waals surface area contributed by atoms with Crippen LogP contribution in [0.3, 0.4) is 0 Å². The Kier molecular flexibility index (Phi) is 2.83. The van der Waals surface area contributed by atoms with Gasteiger partial charge in [0.2, 0.25) is 0 Å². The SMILES string of the molecule is CNCc1c(-n2cnc(C)c2C)nc2ccccn12. The summed E-state index contributed by atoms with van der Waals surface area (Å²) in [6.07, 6.45) is 3.88. The molecule has 0 unspecified atom stereocenters. The second-order valence-electron chi connectivity index (χ2n) is 4.63. The number of aromatic nitrogens is 4. The van der Waals surface area contributed by atoms with Gasteiger partial charge in [0, 0.05) is 18.4 Å². The molecule has 0 spiro atoms.